The fraction of sp³-hybridized carbons (Fsp3) is 0.500. The zero-order chi connectivity index (χ0) is 21.7. The van der Waals surface area contributed by atoms with Gasteiger partial charge < -0.3 is 10.2 Å². The molecule has 0 saturated carbocycles. The maximum absolute atomic E-state index is 13.7. The molecule has 0 unspecified atom stereocenters. The maximum atomic E-state index is 13.7. The van der Waals surface area contributed by atoms with Crippen LogP contribution in [0.2, 0.25) is 0 Å². The summed E-state index contributed by atoms with van der Waals surface area (Å²) in [5, 5.41) is 3.99. The Labute approximate surface area is 182 Å². The highest BCUT2D eigenvalue weighted by molar-refractivity contribution is 7.99. The standard InChI is InChI=1S/C22H30FN5OS/c1-15-10-16(2)26-22(25-15)30-19-12-20(21(29)24-8-9-27(3)4)28(14-19)13-17-6-5-7-18(23)11-17/h5-7,10-11,19-20H,8-9,12-14H2,1-4H3,(H,24,29)/t19-,20+/m1/s1. The Morgan fingerprint density at radius 2 is 2.00 bits per heavy atom. The van der Waals surface area contributed by atoms with Gasteiger partial charge in [-0.15, -0.1) is 0 Å². The van der Waals surface area contributed by atoms with Gasteiger partial charge in [0.05, 0.1) is 6.04 Å². The molecular weight excluding hydrogens is 401 g/mol. The Morgan fingerprint density at radius 1 is 1.27 bits per heavy atom. The number of likely N-dealkylation sites (tertiary alicyclic amines) is 1. The van der Waals surface area contributed by atoms with E-state index in [1.54, 1.807) is 17.8 Å². The first-order valence-corrected chi connectivity index (χ1v) is 11.1. The first-order chi connectivity index (χ1) is 14.3. The Balaban J connectivity index is 1.71. The average molecular weight is 432 g/mol. The summed E-state index contributed by atoms with van der Waals surface area (Å²) < 4.78 is 13.7. The van der Waals surface area contributed by atoms with Crippen molar-refractivity contribution in [1.82, 2.24) is 25.1 Å². The van der Waals surface area contributed by atoms with Crippen molar-refractivity contribution in [2.45, 2.75) is 43.3 Å². The van der Waals surface area contributed by atoms with Crippen molar-refractivity contribution in [2.24, 2.45) is 0 Å². The first kappa shape index (κ1) is 22.7. The SMILES string of the molecule is Cc1cc(C)nc(S[C@@H]2C[C@@H](C(=O)NCCN(C)C)N(Cc3cccc(F)c3)C2)n1. The third-order valence-electron chi connectivity index (χ3n) is 5.03. The molecule has 2 atom stereocenters. The van der Waals surface area contributed by atoms with E-state index in [1.807, 2.05) is 45.0 Å². The van der Waals surface area contributed by atoms with E-state index >= 15 is 0 Å². The lowest BCUT2D eigenvalue weighted by molar-refractivity contribution is -0.125. The second-order valence-electron chi connectivity index (χ2n) is 8.08. The van der Waals surface area contributed by atoms with Crippen LogP contribution in [0.3, 0.4) is 0 Å². The zero-order valence-corrected chi connectivity index (χ0v) is 18.9. The second kappa shape index (κ2) is 10.3. The molecule has 0 bridgehead atoms. The minimum Gasteiger partial charge on any atom is -0.353 e. The monoisotopic (exact) mass is 431 g/mol. The summed E-state index contributed by atoms with van der Waals surface area (Å²) in [6.07, 6.45) is 0.712. The van der Waals surface area contributed by atoms with Gasteiger partial charge in [0.1, 0.15) is 5.82 Å². The van der Waals surface area contributed by atoms with Gasteiger partial charge in [-0.05, 0) is 58.1 Å². The Bertz CT molecular complexity index is 858. The van der Waals surface area contributed by atoms with Crippen LogP contribution in [0.25, 0.3) is 0 Å². The summed E-state index contributed by atoms with van der Waals surface area (Å²) in [6, 6.07) is 8.29. The van der Waals surface area contributed by atoms with Gasteiger partial charge in [-0.3, -0.25) is 9.69 Å². The van der Waals surface area contributed by atoms with Gasteiger partial charge in [-0.2, -0.15) is 0 Å². The van der Waals surface area contributed by atoms with Crippen molar-refractivity contribution >= 4 is 17.7 Å². The molecule has 0 radical (unpaired) electrons. The van der Waals surface area contributed by atoms with E-state index in [4.69, 9.17) is 0 Å². The molecule has 1 aromatic carbocycles. The highest BCUT2D eigenvalue weighted by Gasteiger charge is 2.37. The normalized spacial score (nSPS) is 19.4. The lowest BCUT2D eigenvalue weighted by Crippen LogP contribution is -2.44. The van der Waals surface area contributed by atoms with Gasteiger partial charge >= 0.3 is 0 Å². The van der Waals surface area contributed by atoms with Crippen molar-refractivity contribution in [3.05, 3.63) is 53.1 Å². The van der Waals surface area contributed by atoms with Crippen LogP contribution in [0, 0.1) is 19.7 Å². The van der Waals surface area contributed by atoms with Gasteiger partial charge in [0.15, 0.2) is 5.16 Å². The van der Waals surface area contributed by atoms with Crippen LogP contribution in [0.5, 0.6) is 0 Å². The minimum atomic E-state index is -0.256. The third-order valence-corrected chi connectivity index (χ3v) is 6.10. The number of thioether (sulfide) groups is 1. The maximum Gasteiger partial charge on any atom is 0.237 e. The molecule has 1 saturated heterocycles. The highest BCUT2D eigenvalue weighted by Crippen LogP contribution is 2.32. The van der Waals surface area contributed by atoms with E-state index in [2.05, 4.69) is 20.2 Å². The predicted molar refractivity (Wildman–Crippen MR) is 118 cm³/mol. The summed E-state index contributed by atoms with van der Waals surface area (Å²) in [4.78, 5) is 26.2. The average Bonchev–Trinajstić information content (AvgIpc) is 3.02. The summed E-state index contributed by atoms with van der Waals surface area (Å²) in [6.45, 7) is 6.58. The molecule has 1 aromatic heterocycles. The molecule has 0 aliphatic carbocycles. The number of carbonyl (C=O) groups is 1. The fourth-order valence-corrected chi connectivity index (χ4v) is 4.92. The van der Waals surface area contributed by atoms with Crippen LogP contribution < -0.4 is 5.32 Å². The van der Waals surface area contributed by atoms with E-state index in [0.29, 0.717) is 19.5 Å². The molecule has 2 heterocycles. The van der Waals surface area contributed by atoms with Gasteiger partial charge in [0, 0.05) is 42.8 Å². The molecule has 0 spiro atoms. The van der Waals surface area contributed by atoms with Crippen LogP contribution in [0.4, 0.5) is 4.39 Å². The van der Waals surface area contributed by atoms with Crippen molar-refractivity contribution in [3.8, 4) is 0 Å². The summed E-state index contributed by atoms with van der Waals surface area (Å²) in [7, 11) is 3.96. The number of aromatic nitrogens is 2. The lowest BCUT2D eigenvalue weighted by atomic mass is 10.1. The van der Waals surface area contributed by atoms with Crippen LogP contribution in [0.1, 0.15) is 23.4 Å². The molecule has 1 amide bonds. The van der Waals surface area contributed by atoms with Crippen LogP contribution in [-0.2, 0) is 11.3 Å². The molecule has 8 heteroatoms. The lowest BCUT2D eigenvalue weighted by Gasteiger charge is -2.24. The summed E-state index contributed by atoms with van der Waals surface area (Å²) in [5.74, 6) is -0.231. The first-order valence-electron chi connectivity index (χ1n) is 10.2. The quantitative estimate of drug-likeness (QED) is 0.649. The Hall–Kier alpha value is -2.03. The number of benzene rings is 1. The molecule has 1 N–H and O–H groups in total. The summed E-state index contributed by atoms with van der Waals surface area (Å²) >= 11 is 1.62. The molecule has 30 heavy (non-hydrogen) atoms. The summed E-state index contributed by atoms with van der Waals surface area (Å²) in [5.41, 5.74) is 2.75. The molecule has 1 aliphatic rings. The fourth-order valence-electron chi connectivity index (χ4n) is 3.68. The van der Waals surface area contributed by atoms with Crippen LogP contribution in [0.15, 0.2) is 35.5 Å². The van der Waals surface area contributed by atoms with Crippen molar-refractivity contribution < 1.29 is 9.18 Å². The molecule has 6 nitrogen and oxygen atoms in total. The van der Waals surface area contributed by atoms with Crippen LogP contribution >= 0.6 is 11.8 Å². The van der Waals surface area contributed by atoms with Gasteiger partial charge in [0.2, 0.25) is 5.91 Å². The number of hydrogen-bond acceptors (Lipinski definition) is 6. The van der Waals surface area contributed by atoms with Crippen LogP contribution in [-0.4, -0.2) is 70.7 Å². The topological polar surface area (TPSA) is 61.4 Å². The molecule has 1 aliphatic heterocycles. The predicted octanol–water partition coefficient (Wildman–Crippen LogP) is 2.65. The Morgan fingerprint density at radius 3 is 2.67 bits per heavy atom. The van der Waals surface area contributed by atoms with E-state index < -0.39 is 0 Å². The number of hydrogen-bond donors (Lipinski definition) is 1. The number of rotatable bonds is 8. The number of halogens is 1. The van der Waals surface area contributed by atoms with Gasteiger partial charge in [0.25, 0.3) is 0 Å². The van der Waals surface area contributed by atoms with Crippen molar-refractivity contribution in [3.63, 3.8) is 0 Å². The number of nitrogens with one attached hydrogen (secondary N) is 1. The van der Waals surface area contributed by atoms with Crippen molar-refractivity contribution in [2.75, 3.05) is 33.7 Å². The molecular formula is C22H30FN5OS. The van der Waals surface area contributed by atoms with Crippen molar-refractivity contribution in [1.29, 1.82) is 0 Å². The number of likely N-dealkylation sites (N-methyl/N-ethyl adjacent to an activating group) is 1. The third kappa shape index (κ3) is 6.48. The highest BCUT2D eigenvalue weighted by atomic mass is 32.2. The molecule has 162 valence electrons. The van der Waals surface area contributed by atoms with Gasteiger partial charge in [-0.25, -0.2) is 14.4 Å². The molecule has 3 rings (SSSR count). The van der Waals surface area contributed by atoms with E-state index in [9.17, 15) is 9.18 Å². The number of aryl methyl sites for hydroxylation is 2. The largest absolute Gasteiger partial charge is 0.353 e. The number of amides is 1. The number of nitrogens with zero attached hydrogens (tertiary/aromatic N) is 4. The number of carbonyl (C=O) groups excluding carboxylic acids is 1. The van der Waals surface area contributed by atoms with Gasteiger partial charge in [-0.1, -0.05) is 23.9 Å². The minimum absolute atomic E-state index is 0.0256. The van der Waals surface area contributed by atoms with E-state index in [0.717, 1.165) is 35.2 Å². The van der Waals surface area contributed by atoms with E-state index in [-0.39, 0.29) is 23.0 Å². The molecule has 1 fully saturated rings. The molecule has 2 aromatic rings. The Kier molecular flexibility index (Phi) is 7.80. The zero-order valence-electron chi connectivity index (χ0n) is 18.1. The smallest absolute Gasteiger partial charge is 0.237 e. The second-order valence-corrected chi connectivity index (χ2v) is 9.35. The van der Waals surface area contributed by atoms with E-state index in [1.165, 1.54) is 12.1 Å².